The van der Waals surface area contributed by atoms with Crippen LogP contribution in [0, 0.1) is 13.8 Å². The molecule has 4 nitrogen and oxygen atoms in total. The summed E-state index contributed by atoms with van der Waals surface area (Å²) < 4.78 is 12.3. The maximum absolute atomic E-state index is 6.16. The number of hydrogen-bond acceptors (Lipinski definition) is 4. The van der Waals surface area contributed by atoms with Crippen LogP contribution in [0.25, 0.3) is 55.7 Å². The Morgan fingerprint density at radius 1 is 0.700 bits per heavy atom. The van der Waals surface area contributed by atoms with Gasteiger partial charge in [0.2, 0.25) is 5.71 Å². The van der Waals surface area contributed by atoms with Crippen LogP contribution in [0.5, 0.6) is 0 Å². The number of hydrogen-bond donors (Lipinski definition) is 0. The first kappa shape index (κ1) is 17.0. The van der Waals surface area contributed by atoms with E-state index < -0.39 is 0 Å². The van der Waals surface area contributed by atoms with E-state index in [2.05, 4.69) is 36.2 Å². The predicted molar refractivity (Wildman–Crippen MR) is 119 cm³/mol. The zero-order chi connectivity index (χ0) is 20.2. The highest BCUT2D eigenvalue weighted by atomic mass is 16.3. The third-order valence-electron chi connectivity index (χ3n) is 5.58. The number of aryl methyl sites for hydroxylation is 2. The molecular formula is C26H18N2O2. The minimum Gasteiger partial charge on any atom is -0.454 e. The van der Waals surface area contributed by atoms with E-state index in [1.807, 2.05) is 55.5 Å². The highest BCUT2D eigenvalue weighted by Crippen LogP contribution is 2.37. The van der Waals surface area contributed by atoms with Crippen molar-refractivity contribution in [1.82, 2.24) is 9.97 Å². The van der Waals surface area contributed by atoms with Gasteiger partial charge in [-0.05, 0) is 44.2 Å². The lowest BCUT2D eigenvalue weighted by atomic mass is 10.1. The fraction of sp³-hybridized carbons (Fsp3) is 0.0769. The van der Waals surface area contributed by atoms with Gasteiger partial charge in [0.1, 0.15) is 16.9 Å². The quantitative estimate of drug-likeness (QED) is 0.317. The first-order valence-corrected chi connectivity index (χ1v) is 9.94. The zero-order valence-corrected chi connectivity index (χ0v) is 16.6. The summed E-state index contributed by atoms with van der Waals surface area (Å²) in [4.78, 5) is 9.50. The second kappa shape index (κ2) is 6.29. The standard InChI is InChI=1S/C26H18N2O2/c1-15-11-12-19-18-9-6-10-20(25(18)30-26(19)27-15)21-13-14-22-23(28-21)16(2)24(29-22)17-7-4-3-5-8-17/h3-14H,1-2H3. The molecular weight excluding hydrogens is 372 g/mol. The molecule has 2 aromatic carbocycles. The summed E-state index contributed by atoms with van der Waals surface area (Å²) in [6.45, 7) is 4.02. The average Bonchev–Trinajstić information content (AvgIpc) is 3.31. The number of para-hydroxylation sites is 1. The van der Waals surface area contributed by atoms with Gasteiger partial charge >= 0.3 is 0 Å². The van der Waals surface area contributed by atoms with Crippen LogP contribution in [0.4, 0.5) is 0 Å². The van der Waals surface area contributed by atoms with Gasteiger partial charge in [0.15, 0.2) is 5.58 Å². The van der Waals surface area contributed by atoms with Crippen LogP contribution in [0.15, 0.2) is 81.6 Å². The Bertz CT molecular complexity index is 1560. The minimum absolute atomic E-state index is 0.657. The van der Waals surface area contributed by atoms with Gasteiger partial charge < -0.3 is 8.83 Å². The summed E-state index contributed by atoms with van der Waals surface area (Å²) in [5.74, 6) is 0.858. The van der Waals surface area contributed by atoms with Crippen LogP contribution in [0.1, 0.15) is 11.3 Å². The lowest BCUT2D eigenvalue weighted by Crippen LogP contribution is -1.85. The summed E-state index contributed by atoms with van der Waals surface area (Å²) in [5, 5.41) is 2.06. The molecule has 4 aromatic heterocycles. The zero-order valence-electron chi connectivity index (χ0n) is 16.6. The Morgan fingerprint density at radius 2 is 1.57 bits per heavy atom. The Labute approximate surface area is 172 Å². The third-order valence-corrected chi connectivity index (χ3v) is 5.58. The molecule has 0 aliphatic carbocycles. The van der Waals surface area contributed by atoms with Crippen LogP contribution in [-0.2, 0) is 0 Å². The second-order valence-corrected chi connectivity index (χ2v) is 7.56. The molecule has 0 amide bonds. The highest BCUT2D eigenvalue weighted by molar-refractivity contribution is 6.08. The summed E-state index contributed by atoms with van der Waals surface area (Å²) in [6, 6.07) is 24.3. The van der Waals surface area contributed by atoms with Crippen LogP contribution in [-0.4, -0.2) is 9.97 Å². The SMILES string of the molecule is Cc1ccc2c(n1)oc1c(-c3ccc4oc(-c5ccccc5)c(C)c4n3)cccc12. The van der Waals surface area contributed by atoms with E-state index >= 15 is 0 Å². The minimum atomic E-state index is 0.657. The molecule has 6 aromatic rings. The van der Waals surface area contributed by atoms with E-state index in [-0.39, 0.29) is 0 Å². The molecule has 0 saturated carbocycles. The Balaban J connectivity index is 1.57. The van der Waals surface area contributed by atoms with E-state index in [4.69, 9.17) is 13.8 Å². The number of fused-ring (bicyclic) bond motifs is 4. The molecule has 4 heterocycles. The molecule has 0 bridgehead atoms. The fourth-order valence-electron chi connectivity index (χ4n) is 4.08. The average molecular weight is 390 g/mol. The first-order chi connectivity index (χ1) is 14.7. The number of nitrogens with zero attached hydrogens (tertiary/aromatic N) is 2. The number of pyridine rings is 2. The van der Waals surface area contributed by atoms with Crippen molar-refractivity contribution in [2.45, 2.75) is 13.8 Å². The molecule has 0 fully saturated rings. The van der Waals surface area contributed by atoms with E-state index in [0.29, 0.717) is 5.71 Å². The maximum atomic E-state index is 6.16. The lowest BCUT2D eigenvalue weighted by molar-refractivity contribution is 0.628. The van der Waals surface area contributed by atoms with Crippen LogP contribution >= 0.6 is 0 Å². The second-order valence-electron chi connectivity index (χ2n) is 7.56. The van der Waals surface area contributed by atoms with Crippen molar-refractivity contribution in [3.05, 3.63) is 84.1 Å². The summed E-state index contributed by atoms with van der Waals surface area (Å²) in [7, 11) is 0. The van der Waals surface area contributed by atoms with E-state index in [0.717, 1.165) is 61.3 Å². The molecule has 30 heavy (non-hydrogen) atoms. The van der Waals surface area contributed by atoms with Crippen molar-refractivity contribution in [3.63, 3.8) is 0 Å². The van der Waals surface area contributed by atoms with Crippen molar-refractivity contribution < 1.29 is 8.83 Å². The van der Waals surface area contributed by atoms with Crippen molar-refractivity contribution in [1.29, 1.82) is 0 Å². The molecule has 0 radical (unpaired) electrons. The van der Waals surface area contributed by atoms with E-state index in [9.17, 15) is 0 Å². The van der Waals surface area contributed by atoms with Gasteiger partial charge in [0.25, 0.3) is 0 Å². The van der Waals surface area contributed by atoms with Gasteiger partial charge in [-0.15, -0.1) is 0 Å². The monoisotopic (exact) mass is 390 g/mol. The number of aromatic nitrogens is 2. The Morgan fingerprint density at radius 3 is 2.43 bits per heavy atom. The maximum Gasteiger partial charge on any atom is 0.227 e. The molecule has 0 saturated heterocycles. The van der Waals surface area contributed by atoms with Gasteiger partial charge in [-0.25, -0.2) is 9.97 Å². The van der Waals surface area contributed by atoms with Crippen molar-refractivity contribution in [2.75, 3.05) is 0 Å². The lowest BCUT2D eigenvalue weighted by Gasteiger charge is -2.02. The predicted octanol–water partition coefficient (Wildman–Crippen LogP) is 7.07. The van der Waals surface area contributed by atoms with Crippen LogP contribution in [0.2, 0.25) is 0 Å². The van der Waals surface area contributed by atoms with Crippen molar-refractivity contribution >= 4 is 33.2 Å². The molecule has 144 valence electrons. The number of furan rings is 2. The third kappa shape index (κ3) is 2.47. The van der Waals surface area contributed by atoms with E-state index in [1.165, 1.54) is 0 Å². The van der Waals surface area contributed by atoms with Gasteiger partial charge in [-0.1, -0.05) is 42.5 Å². The molecule has 0 atom stereocenters. The summed E-state index contributed by atoms with van der Waals surface area (Å²) >= 11 is 0. The van der Waals surface area contributed by atoms with Gasteiger partial charge in [0, 0.05) is 33.2 Å². The number of rotatable bonds is 2. The molecule has 0 aliphatic rings. The molecule has 0 unspecified atom stereocenters. The largest absolute Gasteiger partial charge is 0.454 e. The van der Waals surface area contributed by atoms with Gasteiger partial charge in [0.05, 0.1) is 5.69 Å². The first-order valence-electron chi connectivity index (χ1n) is 9.94. The van der Waals surface area contributed by atoms with Gasteiger partial charge in [-0.3, -0.25) is 0 Å². The van der Waals surface area contributed by atoms with Crippen LogP contribution in [0.3, 0.4) is 0 Å². The molecule has 6 rings (SSSR count). The Hall–Kier alpha value is -3.92. The summed E-state index contributed by atoms with van der Waals surface area (Å²) in [6.07, 6.45) is 0. The normalized spacial score (nSPS) is 11.7. The van der Waals surface area contributed by atoms with Crippen molar-refractivity contribution in [2.24, 2.45) is 0 Å². The van der Waals surface area contributed by atoms with Crippen LogP contribution < -0.4 is 0 Å². The molecule has 0 spiro atoms. The molecule has 0 aliphatic heterocycles. The van der Waals surface area contributed by atoms with E-state index in [1.54, 1.807) is 0 Å². The number of benzene rings is 2. The fourth-order valence-corrected chi connectivity index (χ4v) is 4.08. The smallest absolute Gasteiger partial charge is 0.227 e. The summed E-state index contributed by atoms with van der Waals surface area (Å²) in [5.41, 5.74) is 7.94. The topological polar surface area (TPSA) is 52.1 Å². The molecule has 0 N–H and O–H groups in total. The molecule has 4 heteroatoms. The van der Waals surface area contributed by atoms with Crippen molar-refractivity contribution in [3.8, 4) is 22.6 Å². The highest BCUT2D eigenvalue weighted by Gasteiger charge is 2.17. The van der Waals surface area contributed by atoms with Gasteiger partial charge in [-0.2, -0.15) is 0 Å². The Kier molecular flexibility index (Phi) is 3.56.